The molecule has 11 heteroatoms. The van der Waals surface area contributed by atoms with Crippen LogP contribution in [0.15, 0.2) is 39.9 Å². The highest BCUT2D eigenvalue weighted by atomic mass is 32.2. The number of rotatable bonds is 5. The number of aliphatic hydroxyl groups excluding tert-OH is 1. The molecule has 0 aromatic rings. The van der Waals surface area contributed by atoms with Crippen LogP contribution in [-0.4, -0.2) is 67.3 Å². The van der Waals surface area contributed by atoms with Crippen molar-refractivity contribution in [3.05, 3.63) is 34.9 Å². The van der Waals surface area contributed by atoms with Crippen molar-refractivity contribution in [2.24, 2.45) is 52.2 Å². The summed E-state index contributed by atoms with van der Waals surface area (Å²) in [6.07, 6.45) is 10.6. The van der Waals surface area contributed by atoms with Gasteiger partial charge >= 0.3 is 0 Å². The minimum absolute atomic E-state index is 0.00622. The van der Waals surface area contributed by atoms with Gasteiger partial charge in [-0.05, 0) is 93.5 Å². The molecule has 3 aliphatic carbocycles. The summed E-state index contributed by atoms with van der Waals surface area (Å²) in [5.74, 6) is 1.75. The fourth-order valence-corrected chi connectivity index (χ4v) is 10.1. The number of allylic oxidation sites excluding steroid dienone is 3. The zero-order valence-electron chi connectivity index (χ0n) is 27.1. The van der Waals surface area contributed by atoms with Crippen LogP contribution in [0.4, 0.5) is 4.39 Å². The smallest absolute Gasteiger partial charge is 0.248 e. The molecule has 4 N–H and O–H groups in total. The van der Waals surface area contributed by atoms with Crippen molar-refractivity contribution in [3.8, 4) is 0 Å². The van der Waals surface area contributed by atoms with Crippen molar-refractivity contribution in [3.63, 3.8) is 0 Å². The van der Waals surface area contributed by atoms with Gasteiger partial charge in [-0.3, -0.25) is 4.79 Å². The van der Waals surface area contributed by atoms with Gasteiger partial charge in [0, 0.05) is 49.2 Å². The van der Waals surface area contributed by atoms with E-state index in [4.69, 9.17) is 15.5 Å². The summed E-state index contributed by atoms with van der Waals surface area (Å²) in [6.45, 7) is 4.47. The Hall–Kier alpha value is -2.24. The molecule has 0 radical (unpaired) electrons. The van der Waals surface area contributed by atoms with Crippen molar-refractivity contribution >= 4 is 21.8 Å². The molecule has 9 nitrogen and oxygen atoms in total. The minimum atomic E-state index is -3.53. The molecule has 9 atom stereocenters. The maximum absolute atomic E-state index is 14.0. The van der Waals surface area contributed by atoms with Crippen LogP contribution in [0.25, 0.3) is 0 Å². The zero-order chi connectivity index (χ0) is 32.2. The van der Waals surface area contributed by atoms with E-state index in [-0.39, 0.29) is 41.7 Å². The molecule has 45 heavy (non-hydrogen) atoms. The average molecular weight is 647 g/mol. The minimum Gasteiger partial charge on any atom is -0.493 e. The quantitative estimate of drug-likeness (QED) is 0.401. The van der Waals surface area contributed by atoms with Crippen LogP contribution in [-0.2, 0) is 19.6 Å². The van der Waals surface area contributed by atoms with Gasteiger partial charge in [0.2, 0.25) is 15.9 Å². The first-order valence-corrected chi connectivity index (χ1v) is 18.9. The number of hydrogen-bond donors (Lipinski definition) is 3. The lowest BCUT2D eigenvalue weighted by molar-refractivity contribution is -0.115. The Kier molecular flexibility index (Phi) is 9.26. The maximum atomic E-state index is 14.0. The molecule has 9 unspecified atom stereocenters. The van der Waals surface area contributed by atoms with Crippen molar-refractivity contribution in [2.45, 2.75) is 109 Å². The van der Waals surface area contributed by atoms with Crippen molar-refractivity contribution < 1.29 is 27.4 Å². The van der Waals surface area contributed by atoms with E-state index in [1.54, 1.807) is 7.05 Å². The number of sulfonamides is 1. The van der Waals surface area contributed by atoms with E-state index in [9.17, 15) is 22.7 Å². The van der Waals surface area contributed by atoms with Crippen LogP contribution >= 0.6 is 0 Å². The molecule has 250 valence electrons. The standard InChI is InChI=1S/C34H51FN4O5S/c1-18-11-12-37-34-25(18)10-5-19(2)31(38-34)22-13-21(14-24(40)15-22)26-16-27-29(17-28(26)39(3)45(4,42)43)44-32(30(27)33(36)41)20-6-8-23(35)9-7-20/h11-12,18-21,23-29,40H,5-10,13-17H2,1-4H3,(H2,36,41)(H,37,38)/b31-22+. The second-order valence-corrected chi connectivity index (χ2v) is 16.9. The maximum Gasteiger partial charge on any atom is 0.248 e. The molecule has 6 aliphatic rings. The highest BCUT2D eigenvalue weighted by Crippen LogP contribution is 2.52. The third kappa shape index (κ3) is 6.50. The van der Waals surface area contributed by atoms with Crippen LogP contribution in [0.5, 0.6) is 0 Å². The molecule has 1 amide bonds. The lowest BCUT2D eigenvalue weighted by Crippen LogP contribution is -2.52. The molecule has 4 fully saturated rings. The number of amidine groups is 1. The number of aliphatic imine (C=N–C) groups is 1. The monoisotopic (exact) mass is 646 g/mol. The summed E-state index contributed by atoms with van der Waals surface area (Å²) in [5.41, 5.74) is 8.88. The fraction of sp³-hybridized carbons (Fsp3) is 0.765. The highest BCUT2D eigenvalue weighted by molar-refractivity contribution is 7.88. The second-order valence-electron chi connectivity index (χ2n) is 14.8. The van der Waals surface area contributed by atoms with Crippen LogP contribution in [0.1, 0.15) is 84.5 Å². The van der Waals surface area contributed by atoms with Crippen LogP contribution in [0.3, 0.4) is 0 Å². The highest BCUT2D eigenvalue weighted by Gasteiger charge is 2.52. The number of halogens is 1. The fourth-order valence-electron chi connectivity index (χ4n) is 9.41. The first kappa shape index (κ1) is 32.7. The largest absolute Gasteiger partial charge is 0.493 e. The third-order valence-electron chi connectivity index (χ3n) is 11.9. The summed E-state index contributed by atoms with van der Waals surface area (Å²) in [5, 5.41) is 15.0. The lowest BCUT2D eigenvalue weighted by atomic mass is 9.64. The number of nitrogens with one attached hydrogen (secondary N) is 1. The normalized spacial score (nSPS) is 42.3. The summed E-state index contributed by atoms with van der Waals surface area (Å²) >= 11 is 0. The van der Waals surface area contributed by atoms with E-state index in [2.05, 4.69) is 25.2 Å². The summed E-state index contributed by atoms with van der Waals surface area (Å²) in [4.78, 5) is 17.7. The van der Waals surface area contributed by atoms with E-state index in [0.29, 0.717) is 74.5 Å². The molecule has 0 bridgehead atoms. The molecular formula is C34H51FN4O5S. The summed E-state index contributed by atoms with van der Waals surface area (Å²) in [7, 11) is -1.89. The van der Waals surface area contributed by atoms with E-state index in [1.165, 1.54) is 16.1 Å². The topological polar surface area (TPSA) is 134 Å². The van der Waals surface area contributed by atoms with Gasteiger partial charge in [0.1, 0.15) is 23.9 Å². The Balaban J connectivity index is 1.33. The number of nitrogens with zero attached hydrogens (tertiary/aromatic N) is 2. The zero-order valence-corrected chi connectivity index (χ0v) is 27.9. The first-order valence-electron chi connectivity index (χ1n) is 17.0. The van der Waals surface area contributed by atoms with Crippen LogP contribution in [0, 0.1) is 41.4 Å². The number of amides is 1. The molecular weight excluding hydrogens is 595 g/mol. The third-order valence-corrected chi connectivity index (χ3v) is 13.3. The number of ether oxygens (including phenoxy) is 1. The van der Waals surface area contributed by atoms with E-state index in [0.717, 1.165) is 30.8 Å². The second kappa shape index (κ2) is 12.8. The molecule has 1 saturated heterocycles. The Morgan fingerprint density at radius 3 is 2.51 bits per heavy atom. The number of carbonyl (C=O) groups is 1. The number of nitrogens with two attached hydrogens (primary N) is 1. The molecule has 3 saturated carbocycles. The van der Waals surface area contributed by atoms with Gasteiger partial charge in [-0.15, -0.1) is 0 Å². The Morgan fingerprint density at radius 2 is 1.82 bits per heavy atom. The number of primary amides is 1. The first-order chi connectivity index (χ1) is 21.3. The van der Waals surface area contributed by atoms with Gasteiger partial charge < -0.3 is 20.9 Å². The molecule has 3 aliphatic heterocycles. The van der Waals surface area contributed by atoms with Gasteiger partial charge in [-0.1, -0.05) is 19.9 Å². The Labute approximate surface area is 267 Å². The molecule has 6 rings (SSSR count). The van der Waals surface area contributed by atoms with Gasteiger partial charge in [0.25, 0.3) is 0 Å². The van der Waals surface area contributed by atoms with E-state index in [1.807, 2.05) is 6.20 Å². The number of carbonyl (C=O) groups excluding carboxylic acids is 1. The van der Waals surface area contributed by atoms with Crippen LogP contribution < -0.4 is 11.1 Å². The predicted octanol–water partition coefficient (Wildman–Crippen LogP) is 4.55. The Morgan fingerprint density at radius 1 is 1.09 bits per heavy atom. The van der Waals surface area contributed by atoms with Gasteiger partial charge in [0.15, 0.2) is 0 Å². The number of hydrogen-bond acceptors (Lipinski definition) is 7. The number of fused-ring (bicyclic) bond motifs is 2. The summed E-state index contributed by atoms with van der Waals surface area (Å²) < 4.78 is 47.9. The van der Waals surface area contributed by atoms with Crippen LogP contribution in [0.2, 0.25) is 0 Å². The molecule has 3 heterocycles. The van der Waals surface area contributed by atoms with Crippen molar-refractivity contribution in [1.29, 1.82) is 0 Å². The van der Waals surface area contributed by atoms with Crippen molar-refractivity contribution in [2.75, 3.05) is 13.3 Å². The van der Waals surface area contributed by atoms with Gasteiger partial charge in [0.05, 0.1) is 17.9 Å². The molecule has 0 aromatic carbocycles. The number of aliphatic hydroxyl groups is 1. The van der Waals surface area contributed by atoms with E-state index >= 15 is 0 Å². The molecule has 0 spiro atoms. The molecule has 0 aromatic heterocycles. The van der Waals surface area contributed by atoms with Gasteiger partial charge in [-0.2, -0.15) is 0 Å². The van der Waals surface area contributed by atoms with Crippen molar-refractivity contribution in [1.82, 2.24) is 9.62 Å². The Bertz CT molecular complexity index is 1400. The number of alkyl halides is 1. The summed E-state index contributed by atoms with van der Waals surface area (Å²) in [6, 6.07) is -0.351. The van der Waals surface area contributed by atoms with E-state index < -0.39 is 28.2 Å². The lowest BCUT2D eigenvalue weighted by Gasteiger charge is -2.47. The van der Waals surface area contributed by atoms with Gasteiger partial charge in [-0.25, -0.2) is 22.1 Å². The predicted molar refractivity (Wildman–Crippen MR) is 172 cm³/mol. The SMILES string of the molecule is CC1CCC2C(=NC=CC2C)N/C1=C1/CC(O)CC(C2CC3C(C(N)=O)=C(C4CCC(F)CC4)OC3CC2N(C)S(C)(=O)=O)C1. The average Bonchev–Trinajstić information content (AvgIpc) is 3.27.